The molecule has 0 amide bonds. The van der Waals surface area contributed by atoms with Crippen LogP contribution >= 0.6 is 39.1 Å². The number of alkyl halides is 1. The first-order valence-electron chi connectivity index (χ1n) is 6.26. The van der Waals surface area contributed by atoms with Crippen LogP contribution in [0.4, 0.5) is 0 Å². The number of benzene rings is 2. The molecular formula is C16H15BrCl2O. The standard InChI is InChI=1S/C16H15BrCl2O/c1-10(11-6-4-3-5-7-11)15(19)13-8-12(18)9-14(17)16(13)20-2/h3-10,15H,1-2H3. The van der Waals surface area contributed by atoms with Crippen molar-refractivity contribution in [1.29, 1.82) is 0 Å². The second-order valence-corrected chi connectivity index (χ2v) is 6.37. The van der Waals surface area contributed by atoms with Gasteiger partial charge in [-0.2, -0.15) is 0 Å². The van der Waals surface area contributed by atoms with Crippen LogP contribution in [0.2, 0.25) is 5.02 Å². The largest absolute Gasteiger partial charge is 0.495 e. The van der Waals surface area contributed by atoms with Crippen molar-refractivity contribution in [3.8, 4) is 5.75 Å². The van der Waals surface area contributed by atoms with E-state index < -0.39 is 0 Å². The summed E-state index contributed by atoms with van der Waals surface area (Å²) in [5.74, 6) is 0.884. The topological polar surface area (TPSA) is 9.23 Å². The lowest BCUT2D eigenvalue weighted by atomic mass is 9.93. The molecule has 4 heteroatoms. The van der Waals surface area contributed by atoms with E-state index in [1.165, 1.54) is 5.56 Å². The van der Waals surface area contributed by atoms with E-state index in [9.17, 15) is 0 Å². The molecule has 20 heavy (non-hydrogen) atoms. The molecule has 0 spiro atoms. The Morgan fingerprint density at radius 1 is 1.15 bits per heavy atom. The van der Waals surface area contributed by atoms with Gasteiger partial charge in [-0.15, -0.1) is 11.6 Å². The molecule has 0 saturated carbocycles. The first-order chi connectivity index (χ1) is 9.54. The normalized spacial score (nSPS) is 13.8. The number of halogens is 3. The van der Waals surface area contributed by atoms with Crippen LogP contribution in [0.5, 0.6) is 5.75 Å². The van der Waals surface area contributed by atoms with Crippen LogP contribution in [-0.4, -0.2) is 7.11 Å². The van der Waals surface area contributed by atoms with E-state index in [1.54, 1.807) is 13.2 Å². The average Bonchev–Trinajstić information content (AvgIpc) is 2.46. The van der Waals surface area contributed by atoms with Crippen LogP contribution in [0, 0.1) is 0 Å². The zero-order valence-corrected chi connectivity index (χ0v) is 14.3. The third kappa shape index (κ3) is 3.30. The Balaban J connectivity index is 2.40. The van der Waals surface area contributed by atoms with Crippen molar-refractivity contribution < 1.29 is 4.74 Å². The molecule has 0 aliphatic carbocycles. The van der Waals surface area contributed by atoms with E-state index in [0.717, 1.165) is 15.8 Å². The molecule has 2 atom stereocenters. The Hall–Kier alpha value is -0.700. The molecule has 2 aromatic carbocycles. The van der Waals surface area contributed by atoms with Gasteiger partial charge in [0.05, 0.1) is 17.0 Å². The van der Waals surface area contributed by atoms with E-state index in [0.29, 0.717) is 5.02 Å². The van der Waals surface area contributed by atoms with Gasteiger partial charge < -0.3 is 4.74 Å². The second-order valence-electron chi connectivity index (χ2n) is 4.61. The van der Waals surface area contributed by atoms with Crippen LogP contribution in [0.3, 0.4) is 0 Å². The summed E-state index contributed by atoms with van der Waals surface area (Å²) in [5, 5.41) is 0.418. The minimum atomic E-state index is -0.220. The smallest absolute Gasteiger partial charge is 0.137 e. The minimum absolute atomic E-state index is 0.150. The highest BCUT2D eigenvalue weighted by Gasteiger charge is 2.23. The van der Waals surface area contributed by atoms with E-state index >= 15 is 0 Å². The third-order valence-corrected chi connectivity index (χ3v) is 4.72. The maximum absolute atomic E-state index is 6.66. The van der Waals surface area contributed by atoms with Crippen molar-refractivity contribution in [2.45, 2.75) is 18.2 Å². The van der Waals surface area contributed by atoms with Crippen LogP contribution in [0.15, 0.2) is 46.9 Å². The molecule has 106 valence electrons. The van der Waals surface area contributed by atoms with E-state index in [2.05, 4.69) is 35.0 Å². The van der Waals surface area contributed by atoms with E-state index in [4.69, 9.17) is 27.9 Å². The first kappa shape index (κ1) is 15.7. The zero-order valence-electron chi connectivity index (χ0n) is 11.2. The fourth-order valence-corrected chi connectivity index (χ4v) is 3.50. The second kappa shape index (κ2) is 6.84. The van der Waals surface area contributed by atoms with Crippen LogP contribution < -0.4 is 4.74 Å². The van der Waals surface area contributed by atoms with Crippen LogP contribution in [0.1, 0.15) is 29.3 Å². The van der Waals surface area contributed by atoms with Crippen LogP contribution in [0.25, 0.3) is 0 Å². The lowest BCUT2D eigenvalue weighted by molar-refractivity contribution is 0.405. The Labute approximate surface area is 138 Å². The maximum atomic E-state index is 6.66. The van der Waals surface area contributed by atoms with E-state index in [-0.39, 0.29) is 11.3 Å². The molecule has 1 nitrogen and oxygen atoms in total. The summed E-state index contributed by atoms with van der Waals surface area (Å²) in [4.78, 5) is 0. The summed E-state index contributed by atoms with van der Waals surface area (Å²) >= 11 is 16.3. The number of hydrogen-bond donors (Lipinski definition) is 0. The maximum Gasteiger partial charge on any atom is 0.137 e. The Kier molecular flexibility index (Phi) is 5.36. The van der Waals surface area contributed by atoms with Crippen LogP contribution in [-0.2, 0) is 0 Å². The summed E-state index contributed by atoms with van der Waals surface area (Å²) in [6.07, 6.45) is 0. The molecule has 0 aliphatic heterocycles. The molecule has 0 heterocycles. The Morgan fingerprint density at radius 3 is 2.40 bits per heavy atom. The van der Waals surface area contributed by atoms with Gasteiger partial charge in [-0.3, -0.25) is 0 Å². The van der Waals surface area contributed by atoms with Gasteiger partial charge in [-0.1, -0.05) is 48.9 Å². The number of hydrogen-bond acceptors (Lipinski definition) is 1. The quantitative estimate of drug-likeness (QED) is 0.580. The summed E-state index contributed by atoms with van der Waals surface area (Å²) in [6.45, 7) is 2.10. The van der Waals surface area contributed by atoms with Gasteiger partial charge >= 0.3 is 0 Å². The Morgan fingerprint density at radius 2 is 1.80 bits per heavy atom. The molecular weight excluding hydrogens is 359 g/mol. The third-order valence-electron chi connectivity index (χ3n) is 3.30. The monoisotopic (exact) mass is 372 g/mol. The van der Waals surface area contributed by atoms with Gasteiger partial charge in [0.1, 0.15) is 5.75 Å². The summed E-state index contributed by atoms with van der Waals surface area (Å²) < 4.78 is 6.26. The van der Waals surface area contributed by atoms with Gasteiger partial charge in [0.2, 0.25) is 0 Å². The fourth-order valence-electron chi connectivity index (χ4n) is 2.20. The number of rotatable bonds is 4. The van der Waals surface area contributed by atoms with Gasteiger partial charge in [-0.25, -0.2) is 0 Å². The van der Waals surface area contributed by atoms with Crippen molar-refractivity contribution in [3.63, 3.8) is 0 Å². The lowest BCUT2D eigenvalue weighted by Gasteiger charge is -2.22. The molecule has 0 N–H and O–H groups in total. The highest BCUT2D eigenvalue weighted by molar-refractivity contribution is 9.10. The predicted octanol–water partition coefficient (Wildman–Crippen LogP) is 6.19. The highest BCUT2D eigenvalue weighted by Crippen LogP contribution is 2.44. The summed E-state index contributed by atoms with van der Waals surface area (Å²) in [5.41, 5.74) is 2.08. The van der Waals surface area contributed by atoms with Crippen molar-refractivity contribution in [2.24, 2.45) is 0 Å². The SMILES string of the molecule is COc1c(Br)cc(Cl)cc1C(Cl)C(C)c1ccccc1. The predicted molar refractivity (Wildman–Crippen MR) is 89.2 cm³/mol. The summed E-state index contributed by atoms with van der Waals surface area (Å²) in [6, 6.07) is 13.8. The first-order valence-corrected chi connectivity index (χ1v) is 7.87. The zero-order chi connectivity index (χ0) is 14.7. The molecule has 2 aromatic rings. The molecule has 2 rings (SSSR count). The fraction of sp³-hybridized carbons (Fsp3) is 0.250. The minimum Gasteiger partial charge on any atom is -0.495 e. The van der Waals surface area contributed by atoms with Crippen molar-refractivity contribution in [2.75, 3.05) is 7.11 Å². The van der Waals surface area contributed by atoms with E-state index in [1.807, 2.05) is 24.3 Å². The molecule has 0 saturated heterocycles. The van der Waals surface area contributed by atoms with Gasteiger partial charge in [0.25, 0.3) is 0 Å². The lowest BCUT2D eigenvalue weighted by Crippen LogP contribution is -2.05. The average molecular weight is 374 g/mol. The summed E-state index contributed by atoms with van der Waals surface area (Å²) in [7, 11) is 1.63. The number of ether oxygens (including phenoxy) is 1. The molecule has 0 fully saturated rings. The highest BCUT2D eigenvalue weighted by atomic mass is 79.9. The molecule has 2 unspecified atom stereocenters. The van der Waals surface area contributed by atoms with Crippen molar-refractivity contribution in [1.82, 2.24) is 0 Å². The van der Waals surface area contributed by atoms with Crippen molar-refractivity contribution in [3.05, 3.63) is 63.1 Å². The molecule has 0 bridgehead atoms. The molecule has 0 aromatic heterocycles. The molecule has 0 aliphatic rings. The van der Waals surface area contributed by atoms with Crippen molar-refractivity contribution >= 4 is 39.1 Å². The molecule has 0 radical (unpaired) electrons. The van der Waals surface area contributed by atoms with Gasteiger partial charge in [0.15, 0.2) is 0 Å². The number of methoxy groups -OCH3 is 1. The van der Waals surface area contributed by atoms with Gasteiger partial charge in [0, 0.05) is 16.5 Å². The van der Waals surface area contributed by atoms with Gasteiger partial charge in [-0.05, 0) is 33.6 Å². The Bertz CT molecular complexity index is 587.